The fraction of sp³-hybridized carbons (Fsp3) is 1.00. The van der Waals surface area contributed by atoms with Gasteiger partial charge in [0, 0.05) is 22.1 Å². The van der Waals surface area contributed by atoms with Gasteiger partial charge in [-0.2, -0.15) is 0 Å². The highest BCUT2D eigenvalue weighted by Gasteiger charge is 1.97. The highest BCUT2D eigenvalue weighted by molar-refractivity contribution is 7.09. The van der Waals surface area contributed by atoms with Crippen LogP contribution in [-0.4, -0.2) is 24.4 Å². The molecule has 4 heteroatoms. The number of aliphatic hydroxyl groups excluding tert-OH is 1. The summed E-state index contributed by atoms with van der Waals surface area (Å²) in [6.45, 7) is 0.625. The van der Waals surface area contributed by atoms with Gasteiger partial charge in [-0.05, 0) is 6.42 Å². The molecule has 0 saturated carbocycles. The van der Waals surface area contributed by atoms with Gasteiger partial charge in [-0.15, -0.1) is 0 Å². The third kappa shape index (κ3) is 4.47. The molecule has 0 saturated heterocycles. The van der Waals surface area contributed by atoms with Crippen LogP contribution in [0, 0.1) is 0 Å². The second-order valence-corrected chi connectivity index (χ2v) is 1.94. The Balaban J connectivity index is 2.92. The standard InChI is InChI=1S/C4H12NO2P/c5-4(1-2-6)3-7-8/h4,6H,1-3,5,8H2. The van der Waals surface area contributed by atoms with Gasteiger partial charge in [0.25, 0.3) is 0 Å². The van der Waals surface area contributed by atoms with E-state index in [-0.39, 0.29) is 12.6 Å². The van der Waals surface area contributed by atoms with E-state index >= 15 is 0 Å². The fourth-order valence-electron chi connectivity index (χ4n) is 0.373. The third-order valence-electron chi connectivity index (χ3n) is 0.810. The van der Waals surface area contributed by atoms with Crippen LogP contribution in [0.25, 0.3) is 0 Å². The van der Waals surface area contributed by atoms with Crippen molar-refractivity contribution in [2.24, 2.45) is 5.73 Å². The number of nitrogens with two attached hydrogens (primary N) is 1. The Bertz CT molecular complexity index is 47.3. The highest BCUT2D eigenvalue weighted by atomic mass is 31.0. The molecule has 8 heavy (non-hydrogen) atoms. The van der Waals surface area contributed by atoms with E-state index in [1.54, 1.807) is 0 Å². The van der Waals surface area contributed by atoms with Crippen molar-refractivity contribution < 1.29 is 9.63 Å². The van der Waals surface area contributed by atoms with Crippen molar-refractivity contribution in [3.05, 3.63) is 0 Å². The van der Waals surface area contributed by atoms with E-state index in [0.717, 1.165) is 0 Å². The molecule has 2 unspecified atom stereocenters. The summed E-state index contributed by atoms with van der Waals surface area (Å²) < 4.78 is 4.64. The molecule has 0 aromatic rings. The quantitative estimate of drug-likeness (QED) is 0.514. The zero-order valence-electron chi connectivity index (χ0n) is 4.71. The lowest BCUT2D eigenvalue weighted by Gasteiger charge is -2.05. The van der Waals surface area contributed by atoms with Crippen molar-refractivity contribution in [2.45, 2.75) is 12.5 Å². The first-order valence-corrected chi connectivity index (χ1v) is 2.96. The van der Waals surface area contributed by atoms with Crippen LogP contribution in [0.15, 0.2) is 0 Å². The smallest absolute Gasteiger partial charge is 0.0654 e. The summed E-state index contributed by atoms with van der Waals surface area (Å²) in [5.41, 5.74) is 5.40. The summed E-state index contributed by atoms with van der Waals surface area (Å²) in [4.78, 5) is 0. The second-order valence-electron chi connectivity index (χ2n) is 1.61. The van der Waals surface area contributed by atoms with Crippen LogP contribution >= 0.6 is 9.47 Å². The second kappa shape index (κ2) is 5.45. The van der Waals surface area contributed by atoms with Gasteiger partial charge in [0.1, 0.15) is 0 Å². The number of rotatable bonds is 4. The first-order valence-electron chi connectivity index (χ1n) is 2.49. The molecular weight excluding hydrogens is 125 g/mol. The summed E-state index contributed by atoms with van der Waals surface area (Å²) in [7, 11) is 2.11. The van der Waals surface area contributed by atoms with E-state index in [4.69, 9.17) is 10.8 Å². The Morgan fingerprint density at radius 2 is 2.38 bits per heavy atom. The van der Waals surface area contributed by atoms with Crippen LogP contribution in [0.3, 0.4) is 0 Å². The largest absolute Gasteiger partial charge is 0.396 e. The van der Waals surface area contributed by atoms with Crippen LogP contribution in [0.2, 0.25) is 0 Å². The maximum atomic E-state index is 8.32. The summed E-state index contributed by atoms with van der Waals surface area (Å²) in [6.07, 6.45) is 0.606. The van der Waals surface area contributed by atoms with Gasteiger partial charge in [0.15, 0.2) is 0 Å². The van der Waals surface area contributed by atoms with E-state index in [9.17, 15) is 0 Å². The molecule has 0 amide bonds. The van der Waals surface area contributed by atoms with Gasteiger partial charge in [-0.3, -0.25) is 0 Å². The van der Waals surface area contributed by atoms with E-state index in [0.29, 0.717) is 13.0 Å². The topological polar surface area (TPSA) is 55.5 Å². The Kier molecular flexibility index (Phi) is 5.66. The predicted octanol–water partition coefficient (Wildman–Crippen LogP) is -0.497. The maximum Gasteiger partial charge on any atom is 0.0654 e. The average molecular weight is 137 g/mol. The maximum absolute atomic E-state index is 8.32. The van der Waals surface area contributed by atoms with Gasteiger partial charge < -0.3 is 15.4 Å². The molecule has 3 nitrogen and oxygen atoms in total. The third-order valence-corrected chi connectivity index (χ3v) is 1.00. The number of aliphatic hydroxyl groups is 1. The number of hydrogen-bond donors (Lipinski definition) is 2. The minimum absolute atomic E-state index is 0.0301. The first kappa shape index (κ1) is 8.31. The molecule has 0 aliphatic rings. The van der Waals surface area contributed by atoms with Crippen LogP contribution in [0.1, 0.15) is 6.42 Å². The zero-order valence-corrected chi connectivity index (χ0v) is 5.86. The van der Waals surface area contributed by atoms with E-state index < -0.39 is 0 Å². The molecule has 0 aliphatic carbocycles. The molecule has 0 spiro atoms. The minimum atomic E-state index is -0.0301. The monoisotopic (exact) mass is 137 g/mol. The van der Waals surface area contributed by atoms with Crippen LogP contribution < -0.4 is 5.73 Å². The highest BCUT2D eigenvalue weighted by Crippen LogP contribution is 1.91. The van der Waals surface area contributed by atoms with Crippen LogP contribution in [-0.2, 0) is 4.52 Å². The Labute approximate surface area is 51.5 Å². The summed E-state index contributed by atoms with van der Waals surface area (Å²) in [6, 6.07) is -0.0301. The Hall–Kier alpha value is 0.310. The van der Waals surface area contributed by atoms with Crippen molar-refractivity contribution in [3.63, 3.8) is 0 Å². The molecule has 0 fully saturated rings. The predicted molar refractivity (Wildman–Crippen MR) is 35.3 cm³/mol. The van der Waals surface area contributed by atoms with Gasteiger partial charge >= 0.3 is 0 Å². The fourth-order valence-corrected chi connectivity index (χ4v) is 0.620. The molecule has 0 rings (SSSR count). The molecule has 0 heterocycles. The van der Waals surface area contributed by atoms with E-state index in [1.807, 2.05) is 0 Å². The molecule has 0 aromatic carbocycles. The molecular formula is C4H12NO2P. The molecule has 0 aliphatic heterocycles. The summed E-state index contributed by atoms with van der Waals surface area (Å²) in [5.74, 6) is 0. The lowest BCUT2D eigenvalue weighted by atomic mass is 10.2. The van der Waals surface area contributed by atoms with Crippen molar-refractivity contribution in [3.8, 4) is 0 Å². The van der Waals surface area contributed by atoms with Gasteiger partial charge in [-0.1, -0.05) is 0 Å². The van der Waals surface area contributed by atoms with Gasteiger partial charge in [0.2, 0.25) is 0 Å². The van der Waals surface area contributed by atoms with Crippen molar-refractivity contribution in [2.75, 3.05) is 13.2 Å². The van der Waals surface area contributed by atoms with Gasteiger partial charge in [0.05, 0.1) is 6.61 Å². The lowest BCUT2D eigenvalue weighted by molar-refractivity contribution is 0.247. The minimum Gasteiger partial charge on any atom is -0.396 e. The summed E-state index contributed by atoms with van der Waals surface area (Å²) in [5, 5.41) is 8.32. The van der Waals surface area contributed by atoms with E-state index in [1.165, 1.54) is 0 Å². The zero-order chi connectivity index (χ0) is 6.41. The van der Waals surface area contributed by atoms with Gasteiger partial charge in [-0.25, -0.2) is 0 Å². The van der Waals surface area contributed by atoms with Crippen molar-refractivity contribution >= 4 is 9.47 Å². The molecule has 50 valence electrons. The first-order chi connectivity index (χ1) is 3.81. The SMILES string of the molecule is NC(CCO)COP. The normalized spacial score (nSPS) is 13.9. The number of hydrogen-bond acceptors (Lipinski definition) is 3. The molecule has 0 bridgehead atoms. The van der Waals surface area contributed by atoms with Crippen LogP contribution in [0.5, 0.6) is 0 Å². The molecule has 0 radical (unpaired) electrons. The van der Waals surface area contributed by atoms with Crippen molar-refractivity contribution in [1.82, 2.24) is 0 Å². The average Bonchev–Trinajstić information content (AvgIpc) is 1.68. The van der Waals surface area contributed by atoms with Crippen LogP contribution in [0.4, 0.5) is 0 Å². The summed E-state index contributed by atoms with van der Waals surface area (Å²) >= 11 is 0. The Morgan fingerprint density at radius 1 is 1.75 bits per heavy atom. The molecule has 3 N–H and O–H groups in total. The van der Waals surface area contributed by atoms with Crippen molar-refractivity contribution in [1.29, 1.82) is 0 Å². The molecule has 2 atom stereocenters. The molecule has 0 aromatic heterocycles. The lowest BCUT2D eigenvalue weighted by Crippen LogP contribution is -2.25. The Morgan fingerprint density at radius 3 is 2.75 bits per heavy atom. The van der Waals surface area contributed by atoms with E-state index in [2.05, 4.69) is 14.0 Å².